The molecule has 0 spiro atoms. The van der Waals surface area contributed by atoms with Crippen LogP contribution in [0.4, 0.5) is 4.79 Å². The molecule has 0 bridgehead atoms. The topological polar surface area (TPSA) is 67.9 Å². The van der Waals surface area contributed by atoms with E-state index in [4.69, 9.17) is 9.47 Å². The normalized spacial score (nSPS) is 38.0. The minimum Gasteiger partial charge on any atom is -0.446 e. The van der Waals surface area contributed by atoms with Crippen molar-refractivity contribution in [1.29, 1.82) is 0 Å². The first-order valence-electron chi connectivity index (χ1n) is 18.8. The Bertz CT molecular complexity index is 1010. The Morgan fingerprint density at radius 3 is 2.52 bits per heavy atom. The van der Waals surface area contributed by atoms with Crippen molar-refractivity contribution >= 4 is 12.0 Å². The van der Waals surface area contributed by atoms with E-state index in [2.05, 4.69) is 39.1 Å². The minimum absolute atomic E-state index is 0.00892. The lowest BCUT2D eigenvalue weighted by Crippen LogP contribution is -2.50. The molecule has 250 valence electrons. The van der Waals surface area contributed by atoms with E-state index in [-0.39, 0.29) is 30.1 Å². The van der Waals surface area contributed by atoms with Gasteiger partial charge in [-0.05, 0) is 99.2 Å². The fourth-order valence-electron chi connectivity index (χ4n) is 10.8. The van der Waals surface area contributed by atoms with Gasteiger partial charge in [0.2, 0.25) is 5.91 Å². The Morgan fingerprint density at radius 2 is 1.75 bits per heavy atom. The van der Waals surface area contributed by atoms with Gasteiger partial charge in [0.25, 0.3) is 0 Å². The second-order valence-electron chi connectivity index (χ2n) is 15.7. The summed E-state index contributed by atoms with van der Waals surface area (Å²) in [5.74, 6) is 3.72. The van der Waals surface area contributed by atoms with Crippen LogP contribution < -0.4 is 5.32 Å². The molecule has 5 aliphatic rings. The maximum Gasteiger partial charge on any atom is 0.407 e. The van der Waals surface area contributed by atoms with Gasteiger partial charge < -0.3 is 19.7 Å². The van der Waals surface area contributed by atoms with Crippen LogP contribution in [0.15, 0.2) is 11.6 Å². The van der Waals surface area contributed by atoms with Crippen LogP contribution in [-0.4, -0.2) is 55.3 Å². The van der Waals surface area contributed by atoms with Crippen LogP contribution in [0.25, 0.3) is 0 Å². The number of amides is 2. The van der Waals surface area contributed by atoms with Crippen LogP contribution in [0.2, 0.25) is 0 Å². The average Bonchev–Trinajstić information content (AvgIpc) is 3.58. The second kappa shape index (κ2) is 14.9. The Kier molecular flexibility index (Phi) is 11.4. The van der Waals surface area contributed by atoms with E-state index in [1.807, 2.05) is 11.8 Å². The standard InChI is InChI=1S/C38H64N2O4/c1-6-9-10-11-12-13-14-28-16-18-32-31-17-15-29-23-30(19-21-38(29,5)33(31)20-22-37(28,32)4)44-36(42)39-24-35(41)40-25-27(7-2)34(26-40)43-8-3/h15,27-28,30-34H,6-14,16-26H2,1-5H3,(H,39,42)/t27-,28-,30?,31?,32?,33?,34+,37+,38-/m0/s1. The lowest BCUT2D eigenvalue weighted by atomic mass is 9.47. The smallest absolute Gasteiger partial charge is 0.407 e. The van der Waals surface area contributed by atoms with Crippen LogP contribution in [0.5, 0.6) is 0 Å². The van der Waals surface area contributed by atoms with Crippen molar-refractivity contribution in [3.05, 3.63) is 11.6 Å². The van der Waals surface area contributed by atoms with Crippen molar-refractivity contribution in [2.75, 3.05) is 26.2 Å². The fraction of sp³-hybridized carbons (Fsp3) is 0.895. The molecule has 4 unspecified atom stereocenters. The molecule has 6 nitrogen and oxygen atoms in total. The third kappa shape index (κ3) is 7.05. The molecule has 0 aromatic rings. The van der Waals surface area contributed by atoms with Gasteiger partial charge in [0.05, 0.1) is 6.10 Å². The average molecular weight is 613 g/mol. The molecule has 44 heavy (non-hydrogen) atoms. The number of carbonyl (C=O) groups excluding carboxylic acids is 2. The summed E-state index contributed by atoms with van der Waals surface area (Å²) < 4.78 is 11.8. The summed E-state index contributed by atoms with van der Waals surface area (Å²) in [7, 11) is 0. The molecule has 2 amide bonds. The Labute approximate surface area is 268 Å². The lowest BCUT2D eigenvalue weighted by Gasteiger charge is -2.58. The molecule has 4 fully saturated rings. The summed E-state index contributed by atoms with van der Waals surface area (Å²) in [6.45, 7) is 13.6. The summed E-state index contributed by atoms with van der Waals surface area (Å²) in [5, 5.41) is 2.76. The van der Waals surface area contributed by atoms with Gasteiger partial charge in [-0.2, -0.15) is 0 Å². The first kappa shape index (κ1) is 33.8. The number of likely N-dealkylation sites (tertiary alicyclic amines) is 1. The highest BCUT2D eigenvalue weighted by Gasteiger charge is 2.58. The highest BCUT2D eigenvalue weighted by molar-refractivity contribution is 5.82. The highest BCUT2D eigenvalue weighted by Crippen LogP contribution is 2.66. The van der Waals surface area contributed by atoms with E-state index in [0.717, 1.165) is 49.4 Å². The Morgan fingerprint density at radius 1 is 0.955 bits per heavy atom. The zero-order valence-electron chi connectivity index (χ0n) is 28.8. The molecule has 1 N–H and O–H groups in total. The van der Waals surface area contributed by atoms with Crippen molar-refractivity contribution in [2.45, 2.75) is 150 Å². The first-order chi connectivity index (χ1) is 21.2. The number of allylic oxidation sites excluding steroid dienone is 1. The van der Waals surface area contributed by atoms with Gasteiger partial charge >= 0.3 is 6.09 Å². The largest absolute Gasteiger partial charge is 0.446 e. The zero-order valence-corrected chi connectivity index (χ0v) is 28.8. The third-order valence-corrected chi connectivity index (χ3v) is 13.5. The number of ether oxygens (including phenoxy) is 2. The molecule has 9 atom stereocenters. The first-order valence-corrected chi connectivity index (χ1v) is 18.8. The predicted molar refractivity (Wildman–Crippen MR) is 177 cm³/mol. The molecule has 4 aliphatic carbocycles. The molecular weight excluding hydrogens is 548 g/mol. The number of unbranched alkanes of at least 4 members (excludes halogenated alkanes) is 5. The summed E-state index contributed by atoms with van der Waals surface area (Å²) in [5.41, 5.74) is 2.32. The maximum atomic E-state index is 12.8. The quantitative estimate of drug-likeness (QED) is 0.167. The molecule has 0 aromatic carbocycles. The second-order valence-corrected chi connectivity index (χ2v) is 15.7. The molecule has 1 heterocycles. The van der Waals surface area contributed by atoms with Gasteiger partial charge in [0.1, 0.15) is 12.6 Å². The van der Waals surface area contributed by atoms with E-state index < -0.39 is 6.09 Å². The monoisotopic (exact) mass is 612 g/mol. The number of rotatable bonds is 13. The van der Waals surface area contributed by atoms with Crippen LogP contribution in [0, 0.1) is 40.4 Å². The van der Waals surface area contributed by atoms with E-state index in [9.17, 15) is 9.59 Å². The van der Waals surface area contributed by atoms with Crippen LogP contribution in [0.1, 0.15) is 137 Å². The highest BCUT2D eigenvalue weighted by atomic mass is 16.6. The molecule has 6 heteroatoms. The molecule has 5 rings (SSSR count). The maximum absolute atomic E-state index is 12.8. The number of hydrogen-bond acceptors (Lipinski definition) is 4. The molecule has 1 aliphatic heterocycles. The fourth-order valence-corrected chi connectivity index (χ4v) is 10.8. The SMILES string of the molecule is CCCCCCCC[C@H]1CCC2C3CC=C4CC(OC(=O)NCC(=O)N5C[C@H](CC)[C@H](OCC)C5)CC[C@]4(C)C3CC[C@@]21C. The van der Waals surface area contributed by atoms with Gasteiger partial charge in [-0.3, -0.25) is 4.79 Å². The number of hydrogen-bond donors (Lipinski definition) is 1. The van der Waals surface area contributed by atoms with Gasteiger partial charge in [-0.25, -0.2) is 4.79 Å². The number of carbonyl (C=O) groups is 2. The molecule has 0 radical (unpaired) electrons. The van der Waals surface area contributed by atoms with E-state index in [1.165, 1.54) is 82.6 Å². The summed E-state index contributed by atoms with van der Waals surface area (Å²) in [6, 6.07) is 0. The minimum atomic E-state index is -0.454. The van der Waals surface area contributed by atoms with E-state index in [1.54, 1.807) is 0 Å². The van der Waals surface area contributed by atoms with Gasteiger partial charge in [0, 0.05) is 32.0 Å². The van der Waals surface area contributed by atoms with Crippen molar-refractivity contribution in [3.63, 3.8) is 0 Å². The van der Waals surface area contributed by atoms with Gasteiger partial charge in [0.15, 0.2) is 0 Å². The van der Waals surface area contributed by atoms with Crippen LogP contribution >= 0.6 is 0 Å². The lowest BCUT2D eigenvalue weighted by molar-refractivity contribution is -0.129. The van der Waals surface area contributed by atoms with E-state index >= 15 is 0 Å². The van der Waals surface area contributed by atoms with Crippen molar-refractivity contribution < 1.29 is 19.1 Å². The number of alkyl carbamates (subject to hydrolysis) is 1. The Balaban J connectivity index is 1.10. The van der Waals surface area contributed by atoms with Crippen molar-refractivity contribution in [3.8, 4) is 0 Å². The molecule has 0 aromatic heterocycles. The van der Waals surface area contributed by atoms with Crippen LogP contribution in [-0.2, 0) is 14.3 Å². The predicted octanol–water partition coefficient (Wildman–Crippen LogP) is 8.68. The van der Waals surface area contributed by atoms with Gasteiger partial charge in [-0.15, -0.1) is 0 Å². The zero-order chi connectivity index (χ0) is 31.3. The summed E-state index contributed by atoms with van der Waals surface area (Å²) in [6.07, 6.45) is 22.7. The van der Waals surface area contributed by atoms with Crippen molar-refractivity contribution in [1.82, 2.24) is 10.2 Å². The summed E-state index contributed by atoms with van der Waals surface area (Å²) >= 11 is 0. The Hall–Kier alpha value is -1.56. The van der Waals surface area contributed by atoms with Crippen molar-refractivity contribution in [2.24, 2.45) is 40.4 Å². The summed E-state index contributed by atoms with van der Waals surface area (Å²) in [4.78, 5) is 27.4. The van der Waals surface area contributed by atoms with Gasteiger partial charge in [-0.1, -0.05) is 77.9 Å². The number of nitrogens with one attached hydrogen (secondary N) is 1. The van der Waals surface area contributed by atoms with E-state index in [0.29, 0.717) is 31.0 Å². The molecular formula is C38H64N2O4. The van der Waals surface area contributed by atoms with Crippen LogP contribution in [0.3, 0.4) is 0 Å². The number of nitrogens with zero attached hydrogens (tertiary/aromatic N) is 1. The molecule has 3 saturated carbocycles. The third-order valence-electron chi connectivity index (χ3n) is 13.5. The molecule has 1 saturated heterocycles. The number of fused-ring (bicyclic) bond motifs is 5.